The number of carbonyl (C=O) groups is 3. The monoisotopic (exact) mass is 452 g/mol. The molecule has 1 fully saturated rings. The number of carboxylic acids is 1. The summed E-state index contributed by atoms with van der Waals surface area (Å²) in [5, 5.41) is 11.9. The Morgan fingerprint density at radius 1 is 1.09 bits per heavy atom. The van der Waals surface area contributed by atoms with Crippen LogP contribution in [0.15, 0.2) is 48.5 Å². The average molecular weight is 453 g/mol. The van der Waals surface area contributed by atoms with Gasteiger partial charge in [0, 0.05) is 12.5 Å². The van der Waals surface area contributed by atoms with Crippen molar-refractivity contribution in [2.45, 2.75) is 31.9 Å². The van der Waals surface area contributed by atoms with E-state index < -0.39 is 24.2 Å². The van der Waals surface area contributed by atoms with Crippen LogP contribution in [-0.2, 0) is 19.1 Å². The molecule has 0 bridgehead atoms. The molecule has 0 radical (unpaired) electrons. The van der Waals surface area contributed by atoms with Gasteiger partial charge in [-0.1, -0.05) is 62.4 Å². The van der Waals surface area contributed by atoms with Crippen molar-refractivity contribution < 1.29 is 29.0 Å². The number of hydrogen-bond acceptors (Lipinski definition) is 5. The Morgan fingerprint density at radius 3 is 2.27 bits per heavy atom. The second-order valence-electron chi connectivity index (χ2n) is 8.67. The van der Waals surface area contributed by atoms with Crippen molar-refractivity contribution in [3.8, 4) is 11.1 Å². The second-order valence-corrected chi connectivity index (χ2v) is 8.67. The summed E-state index contributed by atoms with van der Waals surface area (Å²) in [6, 6.07) is 15.3. The third kappa shape index (κ3) is 4.71. The molecule has 1 saturated heterocycles. The van der Waals surface area contributed by atoms with Gasteiger partial charge in [0.25, 0.3) is 0 Å². The van der Waals surface area contributed by atoms with E-state index in [1.165, 1.54) is 4.90 Å². The first kappa shape index (κ1) is 22.8. The van der Waals surface area contributed by atoms with Gasteiger partial charge in [0.2, 0.25) is 5.91 Å². The number of nitrogens with zero attached hydrogens (tertiary/aromatic N) is 1. The smallest absolute Gasteiger partial charge is 0.407 e. The van der Waals surface area contributed by atoms with E-state index >= 15 is 0 Å². The molecule has 0 spiro atoms. The van der Waals surface area contributed by atoms with E-state index in [1.807, 2.05) is 50.2 Å². The minimum absolute atomic E-state index is 0.0518. The third-order valence-electron chi connectivity index (χ3n) is 6.20. The second kappa shape index (κ2) is 9.62. The van der Waals surface area contributed by atoms with Crippen LogP contribution >= 0.6 is 0 Å². The molecule has 2 aliphatic rings. The Kier molecular flexibility index (Phi) is 6.65. The maximum Gasteiger partial charge on any atom is 0.407 e. The van der Waals surface area contributed by atoms with Crippen LogP contribution in [0.2, 0.25) is 0 Å². The molecule has 2 aromatic rings. The molecule has 0 saturated carbocycles. The van der Waals surface area contributed by atoms with Crippen molar-refractivity contribution in [3.05, 3.63) is 59.7 Å². The quantitative estimate of drug-likeness (QED) is 0.698. The molecule has 4 rings (SSSR count). The fourth-order valence-electron chi connectivity index (χ4n) is 4.48. The number of carbonyl (C=O) groups excluding carboxylic acids is 2. The summed E-state index contributed by atoms with van der Waals surface area (Å²) in [7, 11) is 0. The summed E-state index contributed by atoms with van der Waals surface area (Å²) in [5.74, 6) is -1.73. The van der Waals surface area contributed by atoms with E-state index in [0.717, 1.165) is 22.3 Å². The largest absolute Gasteiger partial charge is 0.479 e. The number of rotatable bonds is 6. The van der Waals surface area contributed by atoms with Crippen molar-refractivity contribution in [1.82, 2.24) is 10.2 Å². The molecular formula is C25H28N2O6. The van der Waals surface area contributed by atoms with E-state index in [-0.39, 0.29) is 44.0 Å². The van der Waals surface area contributed by atoms with Gasteiger partial charge >= 0.3 is 12.1 Å². The zero-order valence-corrected chi connectivity index (χ0v) is 18.7. The fourth-order valence-corrected chi connectivity index (χ4v) is 4.48. The normalized spacial score (nSPS) is 18.4. The molecular weight excluding hydrogens is 424 g/mol. The number of carboxylic acid groups (broad SMARTS) is 1. The number of alkyl carbamates (subject to hydrolysis) is 1. The summed E-state index contributed by atoms with van der Waals surface area (Å²) in [6.45, 7) is 4.15. The molecule has 2 N–H and O–H groups in total. The zero-order valence-electron chi connectivity index (χ0n) is 18.7. The molecule has 1 aliphatic carbocycles. The topological polar surface area (TPSA) is 105 Å². The number of amides is 2. The van der Waals surface area contributed by atoms with E-state index in [2.05, 4.69) is 17.4 Å². The standard InChI is InChI=1S/C25H28N2O6/c1-15(2)22(23(28)27-11-12-32-21(13-27)24(29)30)26-25(31)33-14-20-18-9-5-3-7-16(18)17-8-4-6-10-19(17)20/h3-10,15,20-22H,11-14H2,1-2H3,(H,26,31)(H,29,30). The summed E-state index contributed by atoms with van der Waals surface area (Å²) >= 11 is 0. The SMILES string of the molecule is CC(C)C(NC(=O)OCC1c2ccccc2-c2ccccc21)C(=O)N1CCOC(C(=O)O)C1. The fraction of sp³-hybridized carbons (Fsp3) is 0.400. The van der Waals surface area contributed by atoms with Gasteiger partial charge in [-0.25, -0.2) is 9.59 Å². The summed E-state index contributed by atoms with van der Waals surface area (Å²) in [5.41, 5.74) is 4.49. The number of ether oxygens (including phenoxy) is 2. The minimum atomic E-state index is -1.11. The molecule has 8 heteroatoms. The van der Waals surface area contributed by atoms with Gasteiger partial charge in [-0.2, -0.15) is 0 Å². The van der Waals surface area contributed by atoms with Gasteiger partial charge in [-0.3, -0.25) is 4.79 Å². The lowest BCUT2D eigenvalue weighted by Gasteiger charge is -2.34. The molecule has 2 atom stereocenters. The molecule has 2 aromatic carbocycles. The highest BCUT2D eigenvalue weighted by molar-refractivity contribution is 5.87. The van der Waals surface area contributed by atoms with E-state index in [9.17, 15) is 19.5 Å². The lowest BCUT2D eigenvalue weighted by molar-refractivity contribution is -0.160. The number of fused-ring (bicyclic) bond motifs is 3. The van der Waals surface area contributed by atoms with E-state index in [0.29, 0.717) is 0 Å². The third-order valence-corrected chi connectivity index (χ3v) is 6.20. The van der Waals surface area contributed by atoms with Gasteiger partial charge < -0.3 is 24.8 Å². The lowest BCUT2D eigenvalue weighted by Crippen LogP contribution is -2.56. The molecule has 2 unspecified atom stereocenters. The Hall–Kier alpha value is -3.39. The first-order valence-electron chi connectivity index (χ1n) is 11.1. The van der Waals surface area contributed by atoms with Gasteiger partial charge in [0.1, 0.15) is 12.6 Å². The molecule has 8 nitrogen and oxygen atoms in total. The van der Waals surface area contributed by atoms with E-state index in [1.54, 1.807) is 0 Å². The van der Waals surface area contributed by atoms with Crippen molar-refractivity contribution in [1.29, 1.82) is 0 Å². The number of morpholine rings is 1. The van der Waals surface area contributed by atoms with Crippen LogP contribution in [0.3, 0.4) is 0 Å². The number of benzene rings is 2. The van der Waals surface area contributed by atoms with Crippen LogP contribution in [0.4, 0.5) is 4.79 Å². The van der Waals surface area contributed by atoms with Crippen molar-refractivity contribution in [2.75, 3.05) is 26.3 Å². The van der Waals surface area contributed by atoms with Crippen LogP contribution in [0.5, 0.6) is 0 Å². The predicted molar refractivity (Wildman–Crippen MR) is 121 cm³/mol. The molecule has 33 heavy (non-hydrogen) atoms. The summed E-state index contributed by atoms with van der Waals surface area (Å²) < 4.78 is 10.8. The molecule has 0 aromatic heterocycles. The van der Waals surface area contributed by atoms with Gasteiger partial charge in [-0.05, 0) is 28.2 Å². The predicted octanol–water partition coefficient (Wildman–Crippen LogP) is 2.86. The highest BCUT2D eigenvalue weighted by Gasteiger charge is 2.35. The average Bonchev–Trinajstić information content (AvgIpc) is 3.14. The Bertz CT molecular complexity index is 1010. The molecule has 1 heterocycles. The Labute approximate surface area is 192 Å². The Morgan fingerprint density at radius 2 is 1.70 bits per heavy atom. The highest BCUT2D eigenvalue weighted by Crippen LogP contribution is 2.44. The number of aliphatic carboxylic acids is 1. The Balaban J connectivity index is 1.41. The first-order valence-corrected chi connectivity index (χ1v) is 11.1. The number of nitrogens with one attached hydrogen (secondary N) is 1. The van der Waals surface area contributed by atoms with Gasteiger partial charge in [0.15, 0.2) is 6.10 Å². The molecule has 1 aliphatic heterocycles. The van der Waals surface area contributed by atoms with Crippen molar-refractivity contribution in [3.63, 3.8) is 0 Å². The maximum atomic E-state index is 13.0. The van der Waals surface area contributed by atoms with Crippen molar-refractivity contribution in [2.24, 2.45) is 5.92 Å². The lowest BCUT2D eigenvalue weighted by atomic mass is 9.98. The minimum Gasteiger partial charge on any atom is -0.479 e. The van der Waals surface area contributed by atoms with Crippen LogP contribution in [-0.4, -0.2) is 66.4 Å². The number of hydrogen-bond donors (Lipinski definition) is 2. The zero-order chi connectivity index (χ0) is 23.5. The van der Waals surface area contributed by atoms with E-state index in [4.69, 9.17) is 9.47 Å². The van der Waals surface area contributed by atoms with Crippen LogP contribution < -0.4 is 5.32 Å². The highest BCUT2D eigenvalue weighted by atomic mass is 16.5. The van der Waals surface area contributed by atoms with Crippen LogP contribution in [0.25, 0.3) is 11.1 Å². The van der Waals surface area contributed by atoms with Crippen LogP contribution in [0.1, 0.15) is 30.9 Å². The maximum absolute atomic E-state index is 13.0. The summed E-state index contributed by atoms with van der Waals surface area (Å²) in [6.07, 6.45) is -1.74. The van der Waals surface area contributed by atoms with Crippen LogP contribution in [0, 0.1) is 5.92 Å². The van der Waals surface area contributed by atoms with Crippen molar-refractivity contribution >= 4 is 18.0 Å². The van der Waals surface area contributed by atoms with Gasteiger partial charge in [-0.15, -0.1) is 0 Å². The molecule has 174 valence electrons. The summed E-state index contributed by atoms with van der Waals surface area (Å²) in [4.78, 5) is 38.4. The van der Waals surface area contributed by atoms with Gasteiger partial charge in [0.05, 0.1) is 13.2 Å². The first-order chi connectivity index (χ1) is 15.9. The molecule has 2 amide bonds.